The number of ether oxygens (including phenoxy) is 1. The van der Waals surface area contributed by atoms with Gasteiger partial charge in [-0.2, -0.15) is 4.98 Å². The Bertz CT molecular complexity index is 1020. The highest BCUT2D eigenvalue weighted by molar-refractivity contribution is 5.89. The molecule has 0 saturated carbocycles. The molecule has 4 N–H and O–H groups in total. The third-order valence-electron chi connectivity index (χ3n) is 4.92. The molecule has 144 valence electrons. The first kappa shape index (κ1) is 18.2. The van der Waals surface area contributed by atoms with E-state index in [-0.39, 0.29) is 0 Å². The van der Waals surface area contributed by atoms with E-state index in [4.69, 9.17) is 4.74 Å². The molecule has 1 aliphatic rings. The Labute approximate surface area is 164 Å². The minimum absolute atomic E-state index is 0.599. The normalized spacial score (nSPS) is 16.4. The maximum atomic E-state index is 5.22. The summed E-state index contributed by atoms with van der Waals surface area (Å²) in [6.07, 6.45) is 0. The third-order valence-corrected chi connectivity index (χ3v) is 4.92. The number of hydrogen-bond acceptors (Lipinski definition) is 5. The summed E-state index contributed by atoms with van der Waals surface area (Å²) >= 11 is 0. The zero-order chi connectivity index (χ0) is 19.5. The van der Waals surface area contributed by atoms with Crippen LogP contribution in [0.1, 0.15) is 16.8 Å². The van der Waals surface area contributed by atoms with Gasteiger partial charge in [0, 0.05) is 10.9 Å². The molecule has 0 bridgehead atoms. The van der Waals surface area contributed by atoms with Crippen LogP contribution in [-0.4, -0.2) is 36.4 Å². The standard InChI is InChI=1S/C21H24N6O/c1-14-4-9-19-18(10-14)15(2)24-21(25-19)26-20-22-12-27(13-23-20)11-16-5-7-17(28-3)8-6-16/h4-10H,11-13H2,1-3H3,(H2,22,23,24,25,26)/p+2. The van der Waals surface area contributed by atoms with E-state index >= 15 is 0 Å². The van der Waals surface area contributed by atoms with Gasteiger partial charge >= 0.3 is 5.96 Å². The van der Waals surface area contributed by atoms with Gasteiger partial charge in [-0.15, -0.1) is 0 Å². The molecule has 2 heterocycles. The molecule has 0 aliphatic carbocycles. The number of quaternary nitrogens is 1. The molecule has 7 heteroatoms. The van der Waals surface area contributed by atoms with Crippen LogP contribution in [0.15, 0.2) is 42.5 Å². The average Bonchev–Trinajstić information content (AvgIpc) is 2.71. The van der Waals surface area contributed by atoms with Gasteiger partial charge in [-0.25, -0.2) is 20.6 Å². The Hall–Kier alpha value is -3.19. The molecule has 0 saturated heterocycles. The van der Waals surface area contributed by atoms with Gasteiger partial charge in [0.2, 0.25) is 0 Å². The van der Waals surface area contributed by atoms with Crippen LogP contribution in [0.2, 0.25) is 0 Å². The summed E-state index contributed by atoms with van der Waals surface area (Å²) in [4.78, 5) is 14.0. The number of nitrogens with zero attached hydrogens (tertiary/aromatic N) is 2. The summed E-state index contributed by atoms with van der Waals surface area (Å²) < 4.78 is 5.22. The lowest BCUT2D eigenvalue weighted by Gasteiger charge is -2.20. The van der Waals surface area contributed by atoms with Gasteiger partial charge in [0.1, 0.15) is 12.3 Å². The number of benzene rings is 2. The minimum Gasteiger partial charge on any atom is -0.497 e. The lowest BCUT2D eigenvalue weighted by atomic mass is 10.1. The SMILES string of the molecule is COc1ccc(C[NH+]2CNC(Nc3nc(C)c4cc(C)ccc4n3)=[NH+]C2)cc1. The van der Waals surface area contributed by atoms with Crippen LogP contribution in [0.3, 0.4) is 0 Å². The number of anilines is 1. The first-order chi connectivity index (χ1) is 13.6. The molecule has 1 aromatic heterocycles. The van der Waals surface area contributed by atoms with Crippen LogP contribution in [0.4, 0.5) is 5.95 Å². The van der Waals surface area contributed by atoms with E-state index in [0.29, 0.717) is 5.95 Å². The summed E-state index contributed by atoms with van der Waals surface area (Å²) in [5.74, 6) is 2.32. The van der Waals surface area contributed by atoms with Crippen LogP contribution in [0, 0.1) is 13.8 Å². The van der Waals surface area contributed by atoms with Crippen molar-refractivity contribution in [2.24, 2.45) is 0 Å². The maximum Gasteiger partial charge on any atom is 0.359 e. The highest BCUT2D eigenvalue weighted by Gasteiger charge is 2.21. The van der Waals surface area contributed by atoms with Crippen molar-refractivity contribution < 1.29 is 14.6 Å². The van der Waals surface area contributed by atoms with Gasteiger partial charge in [0.05, 0.1) is 18.3 Å². The van der Waals surface area contributed by atoms with Gasteiger partial charge in [-0.1, -0.05) is 11.6 Å². The van der Waals surface area contributed by atoms with Gasteiger partial charge in [-0.05, 0) is 50.2 Å². The maximum absolute atomic E-state index is 5.22. The zero-order valence-electron chi connectivity index (χ0n) is 16.5. The van der Waals surface area contributed by atoms with Gasteiger partial charge in [0.25, 0.3) is 5.95 Å². The summed E-state index contributed by atoms with van der Waals surface area (Å²) in [5.41, 5.74) is 4.41. The number of hydrogen-bond donors (Lipinski definition) is 4. The molecule has 0 spiro atoms. The fourth-order valence-corrected chi connectivity index (χ4v) is 3.36. The second-order valence-corrected chi connectivity index (χ2v) is 7.14. The topological polar surface area (TPSA) is 77.5 Å². The van der Waals surface area contributed by atoms with E-state index < -0.39 is 0 Å². The Kier molecular flexibility index (Phi) is 5.08. The molecular formula is C21H26N6O+2. The molecule has 0 fully saturated rings. The minimum atomic E-state index is 0.599. The van der Waals surface area contributed by atoms with Crippen LogP contribution in [-0.2, 0) is 6.54 Å². The number of nitrogens with one attached hydrogen (secondary N) is 4. The number of fused-ring (bicyclic) bond motifs is 1. The third kappa shape index (κ3) is 4.04. The molecule has 7 nitrogen and oxygen atoms in total. The summed E-state index contributed by atoms with van der Waals surface area (Å²) in [5, 5.41) is 7.75. The van der Waals surface area contributed by atoms with E-state index in [0.717, 1.165) is 48.2 Å². The Morgan fingerprint density at radius 2 is 1.96 bits per heavy atom. The largest absolute Gasteiger partial charge is 0.497 e. The van der Waals surface area contributed by atoms with Crippen molar-refractivity contribution in [3.05, 3.63) is 59.3 Å². The quantitative estimate of drug-likeness (QED) is 0.502. The predicted octanol–water partition coefficient (Wildman–Crippen LogP) is -0.293. The number of aryl methyl sites for hydroxylation is 2. The molecule has 1 aliphatic heterocycles. The zero-order valence-corrected chi connectivity index (χ0v) is 16.5. The molecule has 28 heavy (non-hydrogen) atoms. The Balaban J connectivity index is 1.41. The Morgan fingerprint density at radius 3 is 2.68 bits per heavy atom. The van der Waals surface area contributed by atoms with Crippen LogP contribution in [0.5, 0.6) is 5.75 Å². The molecule has 0 amide bonds. The van der Waals surface area contributed by atoms with Crippen molar-refractivity contribution in [2.75, 3.05) is 25.8 Å². The second kappa shape index (κ2) is 7.82. The lowest BCUT2D eigenvalue weighted by Crippen LogP contribution is -3.23. The molecular weight excluding hydrogens is 352 g/mol. The smallest absolute Gasteiger partial charge is 0.359 e. The predicted molar refractivity (Wildman–Crippen MR) is 109 cm³/mol. The number of aromatic nitrogens is 2. The van der Waals surface area contributed by atoms with Gasteiger partial charge in [-0.3, -0.25) is 4.90 Å². The van der Waals surface area contributed by atoms with Gasteiger partial charge in [0.15, 0.2) is 13.3 Å². The highest BCUT2D eigenvalue weighted by Crippen LogP contribution is 2.18. The van der Waals surface area contributed by atoms with Crippen molar-refractivity contribution in [1.29, 1.82) is 0 Å². The molecule has 0 radical (unpaired) electrons. The highest BCUT2D eigenvalue weighted by atomic mass is 16.5. The first-order valence-corrected chi connectivity index (χ1v) is 9.44. The monoisotopic (exact) mass is 378 g/mol. The van der Waals surface area contributed by atoms with Crippen molar-refractivity contribution in [3.8, 4) is 5.75 Å². The number of guanidine groups is 1. The molecule has 1 atom stereocenters. The van der Waals surface area contributed by atoms with E-state index in [1.54, 1.807) is 7.11 Å². The first-order valence-electron chi connectivity index (χ1n) is 9.44. The molecule has 2 aromatic carbocycles. The summed E-state index contributed by atoms with van der Waals surface area (Å²) in [6.45, 7) is 6.65. The van der Waals surface area contributed by atoms with Gasteiger partial charge < -0.3 is 4.74 Å². The summed E-state index contributed by atoms with van der Waals surface area (Å²) in [6, 6.07) is 14.5. The number of rotatable bonds is 4. The number of methoxy groups -OCH3 is 1. The fraction of sp³-hybridized carbons (Fsp3) is 0.286. The van der Waals surface area contributed by atoms with Crippen molar-refractivity contribution >= 4 is 22.8 Å². The van der Waals surface area contributed by atoms with Crippen LogP contribution < -0.4 is 25.3 Å². The Morgan fingerprint density at radius 1 is 1.14 bits per heavy atom. The van der Waals surface area contributed by atoms with Crippen LogP contribution >= 0.6 is 0 Å². The van der Waals surface area contributed by atoms with Crippen molar-refractivity contribution in [3.63, 3.8) is 0 Å². The van der Waals surface area contributed by atoms with E-state index in [1.807, 2.05) is 25.1 Å². The van der Waals surface area contributed by atoms with Crippen LogP contribution in [0.25, 0.3) is 10.9 Å². The molecule has 4 rings (SSSR count). The van der Waals surface area contributed by atoms with E-state index in [2.05, 4.69) is 56.8 Å². The van der Waals surface area contributed by atoms with E-state index in [1.165, 1.54) is 16.0 Å². The average molecular weight is 378 g/mol. The summed E-state index contributed by atoms with van der Waals surface area (Å²) in [7, 11) is 1.69. The second-order valence-electron chi connectivity index (χ2n) is 7.14. The molecule has 1 unspecified atom stereocenters. The van der Waals surface area contributed by atoms with Crippen molar-refractivity contribution in [2.45, 2.75) is 20.4 Å². The lowest BCUT2D eigenvalue weighted by molar-refractivity contribution is -0.991. The molecule has 3 aromatic rings. The van der Waals surface area contributed by atoms with Crippen molar-refractivity contribution in [1.82, 2.24) is 15.3 Å². The van der Waals surface area contributed by atoms with E-state index in [9.17, 15) is 0 Å². The fourth-order valence-electron chi connectivity index (χ4n) is 3.36.